The molecular formula is C29H19Cl2NO4. The number of esters is 1. The van der Waals surface area contributed by atoms with Gasteiger partial charge in [0.1, 0.15) is 0 Å². The lowest BCUT2D eigenvalue weighted by Crippen LogP contribution is -2.30. The summed E-state index contributed by atoms with van der Waals surface area (Å²) < 4.78 is 5.95. The van der Waals surface area contributed by atoms with E-state index in [1.54, 1.807) is 19.1 Å². The van der Waals surface area contributed by atoms with E-state index in [4.69, 9.17) is 27.9 Å². The van der Waals surface area contributed by atoms with Gasteiger partial charge in [-0.25, -0.2) is 9.69 Å². The molecule has 178 valence electrons. The Morgan fingerprint density at radius 1 is 0.750 bits per heavy atom. The summed E-state index contributed by atoms with van der Waals surface area (Å²) in [5, 5.41) is 0.362. The van der Waals surface area contributed by atoms with Crippen LogP contribution in [-0.4, -0.2) is 17.8 Å². The summed E-state index contributed by atoms with van der Waals surface area (Å²) in [6.45, 7) is 1.75. The minimum Gasteiger partial charge on any atom is -0.449 e. The maximum Gasteiger partial charge on any atom is 0.339 e. The number of hydrogen-bond donors (Lipinski definition) is 0. The molecule has 2 amide bonds. The molecule has 0 unspecified atom stereocenters. The number of carbonyl (C=O) groups is 3. The SMILES string of the molecule is Cc1ccc(C(=O)OC(c2ccccc2)c2ccccc2)cc1N1C(=O)c2cc(Cl)c(Cl)cc2C1=O. The highest BCUT2D eigenvalue weighted by molar-refractivity contribution is 6.44. The smallest absolute Gasteiger partial charge is 0.339 e. The number of hydrogen-bond acceptors (Lipinski definition) is 4. The molecular weight excluding hydrogens is 497 g/mol. The fourth-order valence-electron chi connectivity index (χ4n) is 4.19. The summed E-state index contributed by atoms with van der Waals surface area (Å²) in [4.78, 5) is 40.6. The third-order valence-corrected chi connectivity index (χ3v) is 6.76. The third kappa shape index (κ3) is 4.28. The summed E-state index contributed by atoms with van der Waals surface area (Å²) in [6, 6.07) is 26.4. The highest BCUT2D eigenvalue weighted by Gasteiger charge is 2.38. The number of halogens is 2. The Bertz CT molecular complexity index is 1420. The van der Waals surface area contributed by atoms with E-state index >= 15 is 0 Å². The topological polar surface area (TPSA) is 63.7 Å². The van der Waals surface area contributed by atoms with E-state index in [1.165, 1.54) is 18.2 Å². The highest BCUT2D eigenvalue weighted by Crippen LogP contribution is 2.36. The van der Waals surface area contributed by atoms with Crippen molar-refractivity contribution in [3.8, 4) is 0 Å². The lowest BCUT2D eigenvalue weighted by Gasteiger charge is -2.20. The van der Waals surface area contributed by atoms with Gasteiger partial charge in [0, 0.05) is 0 Å². The second kappa shape index (κ2) is 9.61. The molecule has 4 aromatic rings. The van der Waals surface area contributed by atoms with Gasteiger partial charge in [0.15, 0.2) is 6.10 Å². The van der Waals surface area contributed by atoms with E-state index in [2.05, 4.69) is 0 Å². The largest absolute Gasteiger partial charge is 0.449 e. The first-order valence-electron chi connectivity index (χ1n) is 11.1. The molecule has 4 aromatic carbocycles. The van der Waals surface area contributed by atoms with Gasteiger partial charge >= 0.3 is 5.97 Å². The van der Waals surface area contributed by atoms with Crippen LogP contribution in [-0.2, 0) is 4.74 Å². The number of imide groups is 1. The Morgan fingerprint density at radius 3 is 1.75 bits per heavy atom. The fourth-order valence-corrected chi connectivity index (χ4v) is 4.52. The van der Waals surface area contributed by atoms with Crippen LogP contribution in [0.4, 0.5) is 5.69 Å². The Hall–Kier alpha value is -3.93. The number of rotatable bonds is 5. The van der Waals surface area contributed by atoms with Gasteiger partial charge in [-0.05, 0) is 47.9 Å². The molecule has 5 nitrogen and oxygen atoms in total. The molecule has 0 aromatic heterocycles. The van der Waals surface area contributed by atoms with Gasteiger partial charge in [-0.1, -0.05) is 89.9 Å². The van der Waals surface area contributed by atoms with Crippen molar-refractivity contribution in [2.24, 2.45) is 0 Å². The van der Waals surface area contributed by atoms with Crippen LogP contribution in [0.5, 0.6) is 0 Å². The molecule has 5 rings (SSSR count). The molecule has 1 aliphatic rings. The minimum absolute atomic E-state index is 0.162. The maximum absolute atomic E-state index is 13.3. The van der Waals surface area contributed by atoms with Crippen molar-refractivity contribution in [1.82, 2.24) is 0 Å². The highest BCUT2D eigenvalue weighted by atomic mass is 35.5. The van der Waals surface area contributed by atoms with Crippen molar-refractivity contribution in [2.45, 2.75) is 13.0 Å². The molecule has 0 saturated carbocycles. The number of ether oxygens (including phenoxy) is 1. The average molecular weight is 516 g/mol. The van der Waals surface area contributed by atoms with Gasteiger partial charge in [0.2, 0.25) is 0 Å². The molecule has 36 heavy (non-hydrogen) atoms. The fraction of sp³-hybridized carbons (Fsp3) is 0.0690. The van der Waals surface area contributed by atoms with Crippen LogP contribution in [0.25, 0.3) is 0 Å². The van der Waals surface area contributed by atoms with E-state index in [0.717, 1.165) is 16.0 Å². The van der Waals surface area contributed by atoms with Gasteiger partial charge in [0.05, 0.1) is 32.4 Å². The first kappa shape index (κ1) is 23.8. The molecule has 0 saturated heterocycles. The van der Waals surface area contributed by atoms with Gasteiger partial charge in [0.25, 0.3) is 11.8 Å². The number of aryl methyl sites for hydroxylation is 1. The summed E-state index contributed by atoms with van der Waals surface area (Å²) >= 11 is 12.1. The summed E-state index contributed by atoms with van der Waals surface area (Å²) in [5.41, 5.74) is 3.10. The summed E-state index contributed by atoms with van der Waals surface area (Å²) in [5.74, 6) is -1.65. The summed E-state index contributed by atoms with van der Waals surface area (Å²) in [6.07, 6.45) is -0.631. The quantitative estimate of drug-likeness (QED) is 0.211. The lowest BCUT2D eigenvalue weighted by atomic mass is 10.0. The number of benzene rings is 4. The molecule has 0 aliphatic carbocycles. The van der Waals surface area contributed by atoms with E-state index in [1.807, 2.05) is 60.7 Å². The lowest BCUT2D eigenvalue weighted by molar-refractivity contribution is 0.0377. The summed E-state index contributed by atoms with van der Waals surface area (Å²) in [7, 11) is 0. The number of amides is 2. The first-order valence-corrected chi connectivity index (χ1v) is 11.9. The van der Waals surface area contributed by atoms with Crippen LogP contribution in [0.3, 0.4) is 0 Å². The van der Waals surface area contributed by atoms with Crippen molar-refractivity contribution in [1.29, 1.82) is 0 Å². The van der Waals surface area contributed by atoms with Crippen molar-refractivity contribution in [3.63, 3.8) is 0 Å². The number of anilines is 1. The predicted molar refractivity (Wildman–Crippen MR) is 139 cm³/mol. The van der Waals surface area contributed by atoms with Crippen LogP contribution < -0.4 is 4.90 Å². The molecule has 7 heteroatoms. The first-order chi connectivity index (χ1) is 17.3. The van der Waals surface area contributed by atoms with Crippen LogP contribution in [0.2, 0.25) is 10.0 Å². The average Bonchev–Trinajstić information content (AvgIpc) is 3.12. The zero-order chi connectivity index (χ0) is 25.4. The van der Waals surface area contributed by atoms with Gasteiger partial charge in [-0.3, -0.25) is 9.59 Å². The molecule has 0 N–H and O–H groups in total. The third-order valence-electron chi connectivity index (χ3n) is 6.04. The second-order valence-electron chi connectivity index (χ2n) is 8.37. The van der Waals surface area contributed by atoms with E-state index in [-0.39, 0.29) is 26.7 Å². The Kier molecular flexibility index (Phi) is 6.35. The maximum atomic E-state index is 13.3. The van der Waals surface area contributed by atoms with Crippen molar-refractivity contribution >= 4 is 46.7 Å². The number of fused-ring (bicyclic) bond motifs is 1. The second-order valence-corrected chi connectivity index (χ2v) is 9.18. The van der Waals surface area contributed by atoms with Crippen molar-refractivity contribution in [3.05, 3.63) is 134 Å². The molecule has 0 bridgehead atoms. The molecule has 1 aliphatic heterocycles. The van der Waals surface area contributed by atoms with Crippen molar-refractivity contribution < 1.29 is 19.1 Å². The molecule has 0 fully saturated rings. The normalized spacial score (nSPS) is 12.7. The van der Waals surface area contributed by atoms with Crippen LogP contribution in [0, 0.1) is 6.92 Å². The van der Waals surface area contributed by atoms with Crippen LogP contribution >= 0.6 is 23.2 Å². The zero-order valence-electron chi connectivity index (χ0n) is 19.1. The molecule has 0 atom stereocenters. The number of carbonyl (C=O) groups excluding carboxylic acids is 3. The minimum atomic E-state index is -0.631. The molecule has 0 spiro atoms. The van der Waals surface area contributed by atoms with E-state index in [9.17, 15) is 14.4 Å². The Balaban J connectivity index is 1.49. The van der Waals surface area contributed by atoms with E-state index < -0.39 is 23.9 Å². The standard InChI is InChI=1S/C29H19Cl2NO4/c1-17-12-13-20(14-25(17)32-27(33)21-15-23(30)24(31)16-22(21)28(32)34)29(35)36-26(18-8-4-2-5-9-18)19-10-6-3-7-11-19/h2-16,26H,1H3. The van der Waals surface area contributed by atoms with Crippen molar-refractivity contribution in [2.75, 3.05) is 4.90 Å². The van der Waals surface area contributed by atoms with Gasteiger partial charge in [-0.15, -0.1) is 0 Å². The van der Waals surface area contributed by atoms with Gasteiger partial charge < -0.3 is 4.74 Å². The monoisotopic (exact) mass is 515 g/mol. The van der Waals surface area contributed by atoms with Crippen LogP contribution in [0.1, 0.15) is 53.9 Å². The van der Waals surface area contributed by atoms with Gasteiger partial charge in [-0.2, -0.15) is 0 Å². The van der Waals surface area contributed by atoms with Crippen LogP contribution in [0.15, 0.2) is 91.0 Å². The number of nitrogens with zero attached hydrogens (tertiary/aromatic N) is 1. The molecule has 0 radical (unpaired) electrons. The Morgan fingerprint density at radius 2 is 1.25 bits per heavy atom. The predicted octanol–water partition coefficient (Wildman–Crippen LogP) is 7.05. The Labute approximate surface area is 217 Å². The zero-order valence-corrected chi connectivity index (χ0v) is 20.6. The molecule has 1 heterocycles. The van der Waals surface area contributed by atoms with E-state index in [0.29, 0.717) is 11.3 Å².